The van der Waals surface area contributed by atoms with E-state index in [2.05, 4.69) is 10.6 Å². The minimum atomic E-state index is -1.10. The second kappa shape index (κ2) is 19.2. The molecule has 0 unspecified atom stereocenters. The highest BCUT2D eigenvalue weighted by atomic mass is 16.5. The van der Waals surface area contributed by atoms with Crippen LogP contribution in [0.15, 0.2) is 0 Å². The van der Waals surface area contributed by atoms with Crippen molar-refractivity contribution in [2.24, 2.45) is 34.6 Å². The Hall–Kier alpha value is -3.17. The molecule has 204 valence electrons. The molecule has 35 heavy (non-hydrogen) atoms. The number of carbonyl (C=O) groups is 5. The zero-order valence-corrected chi connectivity index (χ0v) is 20.3. The van der Waals surface area contributed by atoms with Crippen molar-refractivity contribution >= 4 is 30.0 Å². The van der Waals surface area contributed by atoms with Crippen LogP contribution in [0.25, 0.3) is 0 Å². The quantitative estimate of drug-likeness (QED) is 0.0843. The van der Waals surface area contributed by atoms with Gasteiger partial charge in [-0.1, -0.05) is 13.8 Å². The Kier molecular flexibility index (Phi) is 18.6. The summed E-state index contributed by atoms with van der Waals surface area (Å²) >= 11 is 0. The summed E-state index contributed by atoms with van der Waals surface area (Å²) in [6.07, 6.45) is 0.807. The molecular weight excluding hydrogens is 466 g/mol. The number of primary amides is 2. The number of nitrogens with one attached hydrogen (secondary N) is 2. The third kappa shape index (κ3) is 21.1. The number of aliphatic carboxylic acids is 2. The van der Waals surface area contributed by atoms with Crippen LogP contribution < -0.4 is 39.3 Å². The molecule has 0 rings (SSSR count). The third-order valence-corrected chi connectivity index (χ3v) is 4.47. The number of amides is 4. The van der Waals surface area contributed by atoms with Crippen molar-refractivity contribution in [3.05, 3.63) is 0 Å². The second-order valence-electron chi connectivity index (χ2n) is 8.28. The van der Waals surface area contributed by atoms with E-state index in [1.165, 1.54) is 0 Å². The number of hydrogen-bond acceptors (Lipinski definition) is 9. The number of carboxylic acids is 2. The van der Waals surface area contributed by atoms with E-state index >= 15 is 0 Å². The summed E-state index contributed by atoms with van der Waals surface area (Å²) in [7, 11) is 0. The molecule has 4 atom stereocenters. The van der Waals surface area contributed by atoms with Gasteiger partial charge in [0.2, 0.25) is 0 Å². The van der Waals surface area contributed by atoms with E-state index < -0.39 is 54.2 Å². The molecule has 4 amide bonds. The van der Waals surface area contributed by atoms with E-state index in [1.807, 2.05) is 13.8 Å². The molecule has 0 aromatic carbocycles. The first-order valence-electron chi connectivity index (χ1n) is 11.2. The molecule has 0 radical (unpaired) electrons. The van der Waals surface area contributed by atoms with Gasteiger partial charge >= 0.3 is 30.0 Å². The first-order valence-corrected chi connectivity index (χ1v) is 11.2. The monoisotopic (exact) mass is 507 g/mol. The van der Waals surface area contributed by atoms with Crippen molar-refractivity contribution in [3.8, 4) is 0 Å². The second-order valence-corrected chi connectivity index (χ2v) is 8.28. The zero-order valence-electron chi connectivity index (χ0n) is 20.3. The fourth-order valence-electron chi connectivity index (χ4n) is 2.69. The van der Waals surface area contributed by atoms with Crippen LogP contribution in [-0.2, 0) is 19.1 Å². The largest absolute Gasteiger partial charge is 0.481 e. The minimum absolute atomic E-state index is 0.244. The normalized spacial score (nSPS) is 13.9. The summed E-state index contributed by atoms with van der Waals surface area (Å²) in [4.78, 5) is 53.7. The fourth-order valence-corrected chi connectivity index (χ4v) is 2.69. The summed E-state index contributed by atoms with van der Waals surface area (Å²) in [5.41, 5.74) is 26.5. The van der Waals surface area contributed by atoms with Crippen LogP contribution >= 0.6 is 0 Å². The van der Waals surface area contributed by atoms with Gasteiger partial charge in [-0.15, -0.1) is 0 Å². The van der Waals surface area contributed by atoms with Crippen LogP contribution in [0, 0.1) is 5.92 Å². The standard InChI is InChI=1S/C14H28N4O5.C6H13N3O3/c1-8(2)6-10(16)11(7-12(19)20)23-13(21)9(15)4-3-5-18-14(17)22;7-4(5(10)11)2-1-3-9-6(8)12/h8-11H,3-7,15-16H2,1-2H3,(H,19,20)(H3,17,18,22);4H,1-3,7H2,(H,10,11)(H3,8,9,12)/t9-,10-,11-;4-/m00/s1. The highest BCUT2D eigenvalue weighted by molar-refractivity contribution is 5.76. The lowest BCUT2D eigenvalue weighted by Gasteiger charge is -2.25. The maximum Gasteiger partial charge on any atom is 0.323 e. The lowest BCUT2D eigenvalue weighted by Crippen LogP contribution is -2.44. The number of hydrogen-bond donors (Lipinski definition) is 9. The SMILES string of the molecule is CC(C)C[C@H](N)[C@H](CC(=O)O)OC(=O)[C@@H](N)CCCNC(N)=O.NC(=O)NCCC[C@H](N)C(=O)O. The molecular formula is C20H41N7O8. The first-order chi connectivity index (χ1) is 16.2. The third-order valence-electron chi connectivity index (χ3n) is 4.47. The lowest BCUT2D eigenvalue weighted by atomic mass is 9.98. The van der Waals surface area contributed by atoms with Crippen molar-refractivity contribution < 1.29 is 38.9 Å². The van der Waals surface area contributed by atoms with Crippen LogP contribution in [-0.4, -0.2) is 77.5 Å². The predicted molar refractivity (Wildman–Crippen MR) is 127 cm³/mol. The summed E-state index contributed by atoms with van der Waals surface area (Å²) in [5.74, 6) is -2.58. The van der Waals surface area contributed by atoms with Crippen LogP contribution in [0.1, 0.15) is 52.4 Å². The zero-order chi connectivity index (χ0) is 27.6. The van der Waals surface area contributed by atoms with Gasteiger partial charge in [0.1, 0.15) is 18.2 Å². The highest BCUT2D eigenvalue weighted by Crippen LogP contribution is 2.13. The lowest BCUT2D eigenvalue weighted by molar-refractivity contribution is -0.155. The van der Waals surface area contributed by atoms with Gasteiger partial charge in [-0.3, -0.25) is 14.4 Å². The smallest absolute Gasteiger partial charge is 0.323 e. The van der Waals surface area contributed by atoms with Gasteiger partial charge in [0, 0.05) is 19.1 Å². The molecule has 0 aliphatic heterocycles. The van der Waals surface area contributed by atoms with Crippen molar-refractivity contribution in [3.63, 3.8) is 0 Å². The fraction of sp³-hybridized carbons (Fsp3) is 0.750. The molecule has 0 aliphatic carbocycles. The summed E-state index contributed by atoms with van der Waals surface area (Å²) in [6.45, 7) is 4.53. The Morgan fingerprint density at radius 1 is 0.829 bits per heavy atom. The van der Waals surface area contributed by atoms with E-state index in [4.69, 9.17) is 43.6 Å². The van der Waals surface area contributed by atoms with Crippen molar-refractivity contribution in [2.75, 3.05) is 13.1 Å². The average molecular weight is 508 g/mol. The van der Waals surface area contributed by atoms with Gasteiger partial charge in [-0.2, -0.15) is 0 Å². The Morgan fingerprint density at radius 3 is 1.66 bits per heavy atom. The van der Waals surface area contributed by atoms with Gasteiger partial charge in [0.15, 0.2) is 0 Å². The van der Waals surface area contributed by atoms with Crippen molar-refractivity contribution in [2.45, 2.75) is 76.6 Å². The number of rotatable bonds is 16. The average Bonchev–Trinajstić information content (AvgIpc) is 2.72. The van der Waals surface area contributed by atoms with E-state index in [9.17, 15) is 24.0 Å². The molecule has 15 heteroatoms. The van der Waals surface area contributed by atoms with E-state index in [0.29, 0.717) is 38.8 Å². The molecule has 0 aromatic heterocycles. The number of ether oxygens (including phenoxy) is 1. The molecule has 0 bridgehead atoms. The van der Waals surface area contributed by atoms with E-state index in [-0.39, 0.29) is 18.8 Å². The molecule has 15 nitrogen and oxygen atoms in total. The van der Waals surface area contributed by atoms with Gasteiger partial charge in [-0.05, 0) is 38.0 Å². The Bertz CT molecular complexity index is 678. The molecule has 0 heterocycles. The highest BCUT2D eigenvalue weighted by Gasteiger charge is 2.27. The summed E-state index contributed by atoms with van der Waals surface area (Å²) in [6, 6.07) is -3.60. The molecule has 0 fully saturated rings. The van der Waals surface area contributed by atoms with Crippen LogP contribution in [0.3, 0.4) is 0 Å². The molecule has 14 N–H and O–H groups in total. The number of nitrogens with two attached hydrogens (primary N) is 5. The Labute approximate surface area is 204 Å². The molecule has 0 aromatic rings. The predicted octanol–water partition coefficient (Wildman–Crippen LogP) is -1.63. The number of esters is 1. The summed E-state index contributed by atoms with van der Waals surface area (Å²) < 4.78 is 5.18. The topological polar surface area (TPSA) is 289 Å². The molecule has 0 saturated carbocycles. The number of carboxylic acid groups (broad SMARTS) is 2. The van der Waals surface area contributed by atoms with Crippen molar-refractivity contribution in [1.82, 2.24) is 10.6 Å². The van der Waals surface area contributed by atoms with Crippen LogP contribution in [0.4, 0.5) is 9.59 Å². The van der Waals surface area contributed by atoms with E-state index in [1.54, 1.807) is 0 Å². The maximum absolute atomic E-state index is 11.9. The number of urea groups is 2. The van der Waals surface area contributed by atoms with Crippen LogP contribution in [0.2, 0.25) is 0 Å². The van der Waals surface area contributed by atoms with Gasteiger partial charge in [-0.25, -0.2) is 9.59 Å². The van der Waals surface area contributed by atoms with E-state index in [0.717, 1.165) is 0 Å². The van der Waals surface area contributed by atoms with Crippen molar-refractivity contribution in [1.29, 1.82) is 0 Å². The Morgan fingerprint density at radius 2 is 1.29 bits per heavy atom. The van der Waals surface area contributed by atoms with Crippen LogP contribution in [0.5, 0.6) is 0 Å². The maximum atomic E-state index is 11.9. The van der Waals surface area contributed by atoms with Gasteiger partial charge in [0.25, 0.3) is 0 Å². The van der Waals surface area contributed by atoms with Gasteiger partial charge in [0.05, 0.1) is 6.42 Å². The Balaban J connectivity index is 0. The van der Waals surface area contributed by atoms with Gasteiger partial charge < -0.3 is 54.3 Å². The minimum Gasteiger partial charge on any atom is -0.481 e. The summed E-state index contributed by atoms with van der Waals surface area (Å²) in [5, 5.41) is 22.0. The molecule has 0 spiro atoms. The first kappa shape index (κ1) is 34.0. The number of carbonyl (C=O) groups excluding carboxylic acids is 3. The molecule has 0 saturated heterocycles. The molecule has 0 aliphatic rings.